The standard InChI is InChI=1S/C18H19F3N2O4/c1-4-27-14(25)9-23-10(2)15(11(3)24)16(22-17(23)26)12-6-5-7-13(8-12)18(19,20)21/h5-8,16H,4,9H2,1-3H3,(H,22,26). The summed E-state index contributed by atoms with van der Waals surface area (Å²) in [6.45, 7) is 4.05. The Morgan fingerprint density at radius 2 is 1.96 bits per heavy atom. The van der Waals surface area contributed by atoms with E-state index < -0.39 is 42.1 Å². The molecule has 1 unspecified atom stereocenters. The predicted molar refractivity (Wildman–Crippen MR) is 89.4 cm³/mol. The summed E-state index contributed by atoms with van der Waals surface area (Å²) in [5, 5.41) is 2.50. The number of ketones is 1. The van der Waals surface area contributed by atoms with Crippen molar-refractivity contribution in [3.63, 3.8) is 0 Å². The van der Waals surface area contributed by atoms with Gasteiger partial charge in [0.25, 0.3) is 0 Å². The molecule has 1 aliphatic heterocycles. The van der Waals surface area contributed by atoms with Gasteiger partial charge in [0.1, 0.15) is 6.54 Å². The van der Waals surface area contributed by atoms with Crippen molar-refractivity contribution in [2.75, 3.05) is 13.2 Å². The summed E-state index contributed by atoms with van der Waals surface area (Å²) in [5.41, 5.74) is -0.456. The van der Waals surface area contributed by atoms with Gasteiger partial charge in [-0.15, -0.1) is 0 Å². The Labute approximate surface area is 154 Å². The van der Waals surface area contributed by atoms with Crippen LogP contribution in [0, 0.1) is 0 Å². The van der Waals surface area contributed by atoms with Crippen LogP contribution >= 0.6 is 0 Å². The van der Waals surface area contributed by atoms with Gasteiger partial charge in [-0.3, -0.25) is 14.5 Å². The van der Waals surface area contributed by atoms with Crippen molar-refractivity contribution in [1.29, 1.82) is 0 Å². The number of ether oxygens (including phenoxy) is 1. The van der Waals surface area contributed by atoms with Crippen LogP contribution < -0.4 is 5.32 Å². The fraction of sp³-hybridized carbons (Fsp3) is 0.389. The van der Waals surface area contributed by atoms with Gasteiger partial charge in [-0.2, -0.15) is 13.2 Å². The predicted octanol–water partition coefficient (Wildman–Crippen LogP) is 3.20. The maximum atomic E-state index is 13.0. The monoisotopic (exact) mass is 384 g/mol. The number of amides is 2. The molecule has 1 aromatic carbocycles. The van der Waals surface area contributed by atoms with E-state index in [2.05, 4.69) is 5.32 Å². The normalized spacial score (nSPS) is 17.6. The number of hydrogen-bond donors (Lipinski definition) is 1. The van der Waals surface area contributed by atoms with E-state index in [1.165, 1.54) is 26.0 Å². The van der Waals surface area contributed by atoms with E-state index in [-0.39, 0.29) is 23.4 Å². The summed E-state index contributed by atoms with van der Waals surface area (Å²) in [5.74, 6) is -1.09. The van der Waals surface area contributed by atoms with E-state index in [4.69, 9.17) is 4.74 Å². The molecule has 0 aromatic heterocycles. The van der Waals surface area contributed by atoms with Crippen molar-refractivity contribution in [2.45, 2.75) is 33.0 Å². The number of nitrogens with one attached hydrogen (secondary N) is 1. The fourth-order valence-corrected chi connectivity index (χ4v) is 2.91. The van der Waals surface area contributed by atoms with Crippen LogP contribution in [-0.2, 0) is 20.5 Å². The Balaban J connectivity index is 2.47. The van der Waals surface area contributed by atoms with Gasteiger partial charge in [0, 0.05) is 11.3 Å². The van der Waals surface area contributed by atoms with Crippen LogP contribution in [0.1, 0.15) is 37.9 Å². The minimum Gasteiger partial charge on any atom is -0.465 e. The number of benzene rings is 1. The van der Waals surface area contributed by atoms with E-state index in [0.717, 1.165) is 17.0 Å². The largest absolute Gasteiger partial charge is 0.465 e. The van der Waals surface area contributed by atoms with Crippen molar-refractivity contribution >= 4 is 17.8 Å². The Hall–Kier alpha value is -2.84. The first-order chi connectivity index (χ1) is 12.6. The van der Waals surface area contributed by atoms with Crippen molar-refractivity contribution in [3.05, 3.63) is 46.7 Å². The summed E-state index contributed by atoms with van der Waals surface area (Å²) in [6, 6.07) is 2.66. The molecule has 27 heavy (non-hydrogen) atoms. The minimum atomic E-state index is -4.56. The van der Waals surface area contributed by atoms with Crippen molar-refractivity contribution in [3.8, 4) is 0 Å². The van der Waals surface area contributed by atoms with Crippen LogP contribution in [0.5, 0.6) is 0 Å². The van der Waals surface area contributed by atoms with Gasteiger partial charge >= 0.3 is 18.2 Å². The second-order valence-electron chi connectivity index (χ2n) is 5.95. The lowest BCUT2D eigenvalue weighted by Crippen LogP contribution is -2.49. The Bertz CT molecular complexity index is 802. The number of hydrogen-bond acceptors (Lipinski definition) is 4. The van der Waals surface area contributed by atoms with Gasteiger partial charge in [0.05, 0.1) is 18.2 Å². The molecular formula is C18H19F3N2O4. The van der Waals surface area contributed by atoms with E-state index in [1.54, 1.807) is 6.92 Å². The maximum absolute atomic E-state index is 13.0. The first kappa shape index (κ1) is 20.5. The lowest BCUT2D eigenvalue weighted by atomic mass is 9.91. The van der Waals surface area contributed by atoms with Gasteiger partial charge in [0.2, 0.25) is 0 Å². The average molecular weight is 384 g/mol. The Morgan fingerprint density at radius 3 is 2.52 bits per heavy atom. The summed E-state index contributed by atoms with van der Waals surface area (Å²) in [7, 11) is 0. The molecule has 1 aromatic rings. The molecule has 0 spiro atoms. The van der Waals surface area contributed by atoms with Gasteiger partial charge < -0.3 is 10.1 Å². The summed E-state index contributed by atoms with van der Waals surface area (Å²) in [4.78, 5) is 37.3. The third-order valence-corrected chi connectivity index (χ3v) is 4.12. The highest BCUT2D eigenvalue weighted by atomic mass is 19.4. The molecule has 1 heterocycles. The molecule has 1 N–H and O–H groups in total. The highest BCUT2D eigenvalue weighted by molar-refractivity contribution is 5.99. The third-order valence-electron chi connectivity index (χ3n) is 4.12. The highest BCUT2D eigenvalue weighted by Crippen LogP contribution is 2.35. The highest BCUT2D eigenvalue weighted by Gasteiger charge is 2.37. The number of Topliss-reactive ketones (excluding diaryl/α,β-unsaturated/α-hetero) is 1. The number of carbonyl (C=O) groups is 3. The smallest absolute Gasteiger partial charge is 0.416 e. The Kier molecular flexibility index (Phi) is 5.92. The molecule has 0 aliphatic carbocycles. The van der Waals surface area contributed by atoms with Gasteiger partial charge in [-0.1, -0.05) is 12.1 Å². The molecule has 0 saturated carbocycles. The van der Waals surface area contributed by atoms with Crippen LogP contribution in [0.3, 0.4) is 0 Å². The number of urea groups is 1. The molecule has 2 amide bonds. The lowest BCUT2D eigenvalue weighted by molar-refractivity contribution is -0.143. The molecule has 2 rings (SSSR count). The summed E-state index contributed by atoms with van der Waals surface area (Å²) >= 11 is 0. The molecule has 0 radical (unpaired) electrons. The van der Waals surface area contributed by atoms with Gasteiger partial charge in [0.15, 0.2) is 5.78 Å². The van der Waals surface area contributed by atoms with E-state index in [1.807, 2.05) is 0 Å². The van der Waals surface area contributed by atoms with Crippen LogP contribution in [0.2, 0.25) is 0 Å². The van der Waals surface area contributed by atoms with E-state index >= 15 is 0 Å². The molecular weight excluding hydrogens is 365 g/mol. The first-order valence-corrected chi connectivity index (χ1v) is 8.18. The minimum absolute atomic E-state index is 0.109. The molecule has 146 valence electrons. The van der Waals surface area contributed by atoms with E-state index in [0.29, 0.717) is 0 Å². The summed E-state index contributed by atoms with van der Waals surface area (Å²) in [6.07, 6.45) is -4.56. The number of allylic oxidation sites excluding steroid dienone is 1. The average Bonchev–Trinajstić information content (AvgIpc) is 2.57. The number of alkyl halides is 3. The fourth-order valence-electron chi connectivity index (χ4n) is 2.91. The number of esters is 1. The van der Waals surface area contributed by atoms with Crippen molar-refractivity contribution < 1.29 is 32.3 Å². The second-order valence-corrected chi connectivity index (χ2v) is 5.95. The molecule has 0 saturated heterocycles. The molecule has 0 fully saturated rings. The number of halogens is 3. The van der Waals surface area contributed by atoms with Crippen LogP contribution in [0.15, 0.2) is 35.5 Å². The molecule has 6 nitrogen and oxygen atoms in total. The summed E-state index contributed by atoms with van der Waals surface area (Å²) < 4.78 is 43.8. The number of rotatable bonds is 5. The number of nitrogens with zero attached hydrogens (tertiary/aromatic N) is 1. The second kappa shape index (κ2) is 7.81. The zero-order chi connectivity index (χ0) is 20.4. The van der Waals surface area contributed by atoms with Crippen LogP contribution in [0.4, 0.5) is 18.0 Å². The quantitative estimate of drug-likeness (QED) is 0.791. The van der Waals surface area contributed by atoms with Gasteiger partial charge in [-0.25, -0.2) is 4.79 Å². The molecule has 9 heteroatoms. The molecule has 1 atom stereocenters. The zero-order valence-electron chi connectivity index (χ0n) is 15.0. The van der Waals surface area contributed by atoms with Crippen molar-refractivity contribution in [2.24, 2.45) is 0 Å². The zero-order valence-corrected chi connectivity index (χ0v) is 15.0. The van der Waals surface area contributed by atoms with Crippen molar-refractivity contribution in [1.82, 2.24) is 10.2 Å². The Morgan fingerprint density at radius 1 is 1.30 bits per heavy atom. The van der Waals surface area contributed by atoms with E-state index in [9.17, 15) is 27.6 Å². The topological polar surface area (TPSA) is 75.7 Å². The van der Waals surface area contributed by atoms with Crippen LogP contribution in [0.25, 0.3) is 0 Å². The van der Waals surface area contributed by atoms with Gasteiger partial charge in [-0.05, 0) is 38.5 Å². The first-order valence-electron chi connectivity index (χ1n) is 8.18. The third kappa shape index (κ3) is 4.47. The SMILES string of the molecule is CCOC(=O)CN1C(=O)NC(c2cccc(C(F)(F)F)c2)C(C(C)=O)=C1C. The lowest BCUT2D eigenvalue weighted by Gasteiger charge is -2.35. The van der Waals surface area contributed by atoms with Crippen LogP contribution in [-0.4, -0.2) is 35.8 Å². The molecule has 0 bridgehead atoms. The maximum Gasteiger partial charge on any atom is 0.416 e. The number of carbonyl (C=O) groups excluding carboxylic acids is 3. The molecule has 1 aliphatic rings.